The van der Waals surface area contributed by atoms with Gasteiger partial charge in [-0.1, -0.05) is 13.0 Å². The third-order valence-corrected chi connectivity index (χ3v) is 2.84. The van der Waals surface area contributed by atoms with Crippen LogP contribution in [0.3, 0.4) is 0 Å². The Morgan fingerprint density at radius 2 is 1.85 bits per heavy atom. The fraction of sp³-hybridized carbons (Fsp3) is 0.733. The van der Waals surface area contributed by atoms with Gasteiger partial charge in [-0.2, -0.15) is 0 Å². The topological polar surface area (TPSA) is 55.8 Å². The average Bonchev–Trinajstić information content (AvgIpc) is 2.32. The van der Waals surface area contributed by atoms with E-state index in [1.54, 1.807) is 20.8 Å². The monoisotopic (exact) mass is 285 g/mol. The summed E-state index contributed by atoms with van der Waals surface area (Å²) in [6, 6.07) is -0.548. The molecule has 0 aromatic carbocycles. The smallest absolute Gasteiger partial charge is 0.417 e. The second-order valence-electron chi connectivity index (χ2n) is 6.22. The predicted molar refractivity (Wildman–Crippen MR) is 78.4 cm³/mol. The third kappa shape index (κ3) is 6.70. The van der Waals surface area contributed by atoms with Crippen molar-refractivity contribution in [3.63, 3.8) is 0 Å². The quantitative estimate of drug-likeness (QED) is 0.532. The Morgan fingerprint density at radius 3 is 2.20 bits per heavy atom. The van der Waals surface area contributed by atoms with Crippen molar-refractivity contribution in [1.29, 1.82) is 0 Å². The Hall–Kier alpha value is -1.36. The first-order valence-electron chi connectivity index (χ1n) is 6.79. The summed E-state index contributed by atoms with van der Waals surface area (Å²) in [7, 11) is 0. The van der Waals surface area contributed by atoms with Gasteiger partial charge in [0, 0.05) is 0 Å². The van der Waals surface area contributed by atoms with Gasteiger partial charge in [0.25, 0.3) is 0 Å². The molecule has 0 bridgehead atoms. The number of carbonyl (C=O) groups excluding carboxylic acids is 2. The van der Waals surface area contributed by atoms with Gasteiger partial charge >= 0.3 is 6.09 Å². The molecular weight excluding hydrogens is 258 g/mol. The van der Waals surface area contributed by atoms with Gasteiger partial charge in [0.2, 0.25) is 6.41 Å². The number of rotatable bonds is 7. The molecule has 0 radical (unpaired) electrons. The summed E-state index contributed by atoms with van der Waals surface area (Å²) >= 11 is 0. The van der Waals surface area contributed by atoms with E-state index in [4.69, 9.17) is 9.47 Å². The van der Waals surface area contributed by atoms with E-state index in [9.17, 15) is 9.59 Å². The fourth-order valence-electron chi connectivity index (χ4n) is 1.25. The molecule has 0 fully saturated rings. The summed E-state index contributed by atoms with van der Waals surface area (Å²) in [6.07, 6.45) is 2.08. The molecule has 0 aliphatic heterocycles. The van der Waals surface area contributed by atoms with Crippen LogP contribution < -0.4 is 0 Å². The lowest BCUT2D eigenvalue weighted by molar-refractivity contribution is -0.121. The minimum atomic E-state index is -0.699. The molecule has 20 heavy (non-hydrogen) atoms. The van der Waals surface area contributed by atoms with E-state index >= 15 is 0 Å². The molecule has 0 saturated carbocycles. The Bertz CT molecular complexity index is 344. The van der Waals surface area contributed by atoms with Gasteiger partial charge in [0.15, 0.2) is 0 Å². The molecule has 116 valence electrons. The SMILES string of the molecule is C=C[C@@H](COC(C)(C)CC)N(C=O)C(=O)OC(C)(C)C. The second-order valence-corrected chi connectivity index (χ2v) is 6.22. The molecule has 0 aliphatic rings. The maximum Gasteiger partial charge on any atom is 0.417 e. The van der Waals surface area contributed by atoms with Crippen LogP contribution in [0.15, 0.2) is 12.7 Å². The van der Waals surface area contributed by atoms with E-state index in [1.807, 2.05) is 20.8 Å². The molecule has 5 heteroatoms. The maximum atomic E-state index is 12.0. The van der Waals surface area contributed by atoms with Crippen LogP contribution in [0.2, 0.25) is 0 Å². The van der Waals surface area contributed by atoms with E-state index in [2.05, 4.69) is 6.58 Å². The van der Waals surface area contributed by atoms with Gasteiger partial charge in [0.05, 0.1) is 18.2 Å². The van der Waals surface area contributed by atoms with E-state index in [1.165, 1.54) is 6.08 Å². The predicted octanol–water partition coefficient (Wildman–Crippen LogP) is 3.14. The number of carbonyl (C=O) groups is 2. The van der Waals surface area contributed by atoms with Gasteiger partial charge in [-0.05, 0) is 41.0 Å². The van der Waals surface area contributed by atoms with Crippen LogP contribution in [-0.4, -0.2) is 41.3 Å². The highest BCUT2D eigenvalue weighted by molar-refractivity contribution is 5.81. The van der Waals surface area contributed by atoms with Crippen LogP contribution >= 0.6 is 0 Å². The van der Waals surface area contributed by atoms with E-state index < -0.39 is 17.7 Å². The molecule has 0 aromatic heterocycles. The summed E-state index contributed by atoms with van der Waals surface area (Å²) in [5.41, 5.74) is -0.975. The first kappa shape index (κ1) is 18.6. The van der Waals surface area contributed by atoms with Crippen molar-refractivity contribution in [2.45, 2.75) is 65.2 Å². The summed E-state index contributed by atoms with van der Waals surface area (Å²) in [4.78, 5) is 24.1. The highest BCUT2D eigenvalue weighted by Crippen LogP contribution is 2.16. The van der Waals surface area contributed by atoms with Crippen molar-refractivity contribution >= 4 is 12.5 Å². The molecule has 2 amide bonds. The number of nitrogens with zero attached hydrogens (tertiary/aromatic N) is 1. The van der Waals surface area contributed by atoms with Crippen LogP contribution in [0, 0.1) is 0 Å². The Morgan fingerprint density at radius 1 is 1.30 bits per heavy atom. The molecule has 0 rings (SSSR count). The largest absolute Gasteiger partial charge is 0.443 e. The lowest BCUT2D eigenvalue weighted by atomic mass is 10.1. The van der Waals surface area contributed by atoms with E-state index in [0.29, 0.717) is 6.41 Å². The zero-order valence-electron chi connectivity index (χ0n) is 13.4. The second kappa shape index (κ2) is 7.43. The zero-order chi connectivity index (χ0) is 16.0. The first-order chi connectivity index (χ1) is 9.06. The Kier molecular flexibility index (Phi) is 6.92. The van der Waals surface area contributed by atoms with E-state index in [0.717, 1.165) is 11.3 Å². The summed E-state index contributed by atoms with van der Waals surface area (Å²) in [5.74, 6) is 0. The summed E-state index contributed by atoms with van der Waals surface area (Å²) in [6.45, 7) is 15.0. The lowest BCUT2D eigenvalue weighted by Crippen LogP contribution is -2.45. The van der Waals surface area contributed by atoms with Crippen molar-refractivity contribution < 1.29 is 19.1 Å². The van der Waals surface area contributed by atoms with Crippen LogP contribution in [0.25, 0.3) is 0 Å². The van der Waals surface area contributed by atoms with Crippen molar-refractivity contribution in [1.82, 2.24) is 4.90 Å². The van der Waals surface area contributed by atoms with Crippen LogP contribution in [0.4, 0.5) is 4.79 Å². The maximum absolute atomic E-state index is 12.0. The van der Waals surface area contributed by atoms with Crippen LogP contribution in [0.1, 0.15) is 48.0 Å². The molecular formula is C15H27NO4. The zero-order valence-corrected chi connectivity index (χ0v) is 13.4. The van der Waals surface area contributed by atoms with Gasteiger partial charge in [0.1, 0.15) is 5.60 Å². The number of amides is 2. The minimum Gasteiger partial charge on any atom is -0.443 e. The fourth-order valence-corrected chi connectivity index (χ4v) is 1.25. The number of hydrogen-bond acceptors (Lipinski definition) is 4. The van der Waals surface area contributed by atoms with Gasteiger partial charge < -0.3 is 9.47 Å². The molecule has 0 spiro atoms. The molecule has 0 saturated heterocycles. The molecule has 5 nitrogen and oxygen atoms in total. The molecule has 1 atom stereocenters. The molecule has 0 aliphatic carbocycles. The van der Waals surface area contributed by atoms with Gasteiger partial charge in [-0.3, -0.25) is 4.79 Å². The lowest BCUT2D eigenvalue weighted by Gasteiger charge is -2.30. The van der Waals surface area contributed by atoms with Crippen LogP contribution in [-0.2, 0) is 14.3 Å². The normalized spacial score (nSPS) is 13.5. The summed E-state index contributed by atoms with van der Waals surface area (Å²) < 4.78 is 10.9. The Labute approximate surface area is 121 Å². The van der Waals surface area contributed by atoms with Gasteiger partial charge in [-0.25, -0.2) is 9.69 Å². The Balaban J connectivity index is 4.78. The highest BCUT2D eigenvalue weighted by atomic mass is 16.6. The van der Waals surface area contributed by atoms with Crippen molar-refractivity contribution in [2.24, 2.45) is 0 Å². The number of imide groups is 1. The van der Waals surface area contributed by atoms with Crippen LogP contribution in [0.5, 0.6) is 0 Å². The van der Waals surface area contributed by atoms with E-state index in [-0.39, 0.29) is 12.2 Å². The minimum absolute atomic E-state index is 0.197. The van der Waals surface area contributed by atoms with Crippen molar-refractivity contribution in [2.75, 3.05) is 6.61 Å². The van der Waals surface area contributed by atoms with Crippen molar-refractivity contribution in [3.05, 3.63) is 12.7 Å². The molecule has 0 aromatic rings. The highest BCUT2D eigenvalue weighted by Gasteiger charge is 2.28. The van der Waals surface area contributed by atoms with Gasteiger partial charge in [-0.15, -0.1) is 6.58 Å². The van der Waals surface area contributed by atoms with Crippen molar-refractivity contribution in [3.8, 4) is 0 Å². The number of ether oxygens (including phenoxy) is 2. The average molecular weight is 285 g/mol. The molecule has 0 unspecified atom stereocenters. The summed E-state index contributed by atoms with van der Waals surface area (Å²) in [5, 5.41) is 0. The molecule has 0 heterocycles. The molecule has 0 N–H and O–H groups in total. The third-order valence-electron chi connectivity index (χ3n) is 2.84. The number of hydrogen-bond donors (Lipinski definition) is 0. The first-order valence-corrected chi connectivity index (χ1v) is 6.79. The standard InChI is InChI=1S/C15H27NO4/c1-8-12(10-19-15(6,7)9-2)16(11-17)13(18)20-14(3,4)5/h8,11-12H,1,9-10H2,2-7H3/t12-/m0/s1.